The average molecular weight is 303 g/mol. The minimum absolute atomic E-state index is 0.192. The van der Waals surface area contributed by atoms with E-state index in [4.69, 9.17) is 4.11 Å². The molecule has 0 aromatic carbocycles. The lowest BCUT2D eigenvalue weighted by Crippen LogP contribution is -2.57. The van der Waals surface area contributed by atoms with Crippen molar-refractivity contribution in [3.05, 3.63) is 22.5 Å². The number of nitrogens with one attached hydrogen (secondary N) is 1. The van der Waals surface area contributed by atoms with Crippen LogP contribution >= 0.6 is 0 Å². The number of aromatic amines is 1. The van der Waals surface area contributed by atoms with E-state index in [9.17, 15) is 9.90 Å². The van der Waals surface area contributed by atoms with E-state index in [0.717, 1.165) is 30.3 Å². The molecule has 6 rings (SSSR count). The molecule has 4 saturated carbocycles. The second kappa shape index (κ2) is 3.79. The van der Waals surface area contributed by atoms with Gasteiger partial charge in [0.15, 0.2) is 5.65 Å². The van der Waals surface area contributed by atoms with E-state index < -0.39 is 18.3 Å². The minimum atomic E-state index is -2.57. The molecular weight excluding hydrogens is 280 g/mol. The van der Waals surface area contributed by atoms with Gasteiger partial charge in [0.2, 0.25) is 0 Å². The molecule has 116 valence electrons. The van der Waals surface area contributed by atoms with Crippen LogP contribution in [0.3, 0.4) is 0 Å². The van der Waals surface area contributed by atoms with Gasteiger partial charge in [0.25, 0.3) is 0 Å². The molecule has 2 unspecified atom stereocenters. The third-order valence-electron chi connectivity index (χ3n) is 5.94. The van der Waals surface area contributed by atoms with Gasteiger partial charge in [0.1, 0.15) is 11.3 Å². The number of fused-ring (bicyclic) bond motifs is 1. The molecule has 0 amide bonds. The van der Waals surface area contributed by atoms with E-state index in [-0.39, 0.29) is 16.6 Å². The fraction of sp³-hybridized carbons (Fsp3) is 0.688. The summed E-state index contributed by atoms with van der Waals surface area (Å²) in [7, 11) is 0. The predicted molar refractivity (Wildman–Crippen MR) is 80.4 cm³/mol. The van der Waals surface area contributed by atoms with E-state index in [2.05, 4.69) is 15.0 Å². The maximum atomic E-state index is 12.0. The number of hydrogen-bond acceptors (Lipinski definition) is 4. The summed E-state index contributed by atoms with van der Waals surface area (Å²) in [5, 5.41) is 10.9. The van der Waals surface area contributed by atoms with E-state index in [1.54, 1.807) is 0 Å². The van der Waals surface area contributed by atoms with Crippen molar-refractivity contribution < 1.29 is 9.22 Å². The zero-order chi connectivity index (χ0) is 17.6. The van der Waals surface area contributed by atoms with Crippen LogP contribution < -0.4 is 5.69 Å². The Bertz CT molecular complexity index is 918. The quantitative estimate of drug-likeness (QED) is 0.830. The molecule has 6 heteroatoms. The van der Waals surface area contributed by atoms with Crippen molar-refractivity contribution in [3.63, 3.8) is 0 Å². The molecule has 0 spiro atoms. The Kier molecular flexibility index (Phi) is 1.75. The van der Waals surface area contributed by atoms with Crippen LogP contribution in [0, 0.1) is 11.8 Å². The van der Waals surface area contributed by atoms with Gasteiger partial charge in [-0.15, -0.1) is 0 Å². The first-order valence-corrected chi connectivity index (χ1v) is 7.89. The standard InChI is InChI=1S/C16H20N4O2/c1-20-11-7-17-13(18-12(11)19-14(20)21)15-3-9-2-10(4-15)6-16(22,5-9)8-15/h7,9-10,22H,2-6,8H2,1H3,(H,17,18,19,21)/i1D3. The van der Waals surface area contributed by atoms with Crippen molar-refractivity contribution in [3.8, 4) is 0 Å². The van der Waals surface area contributed by atoms with E-state index in [0.29, 0.717) is 24.1 Å². The fourth-order valence-corrected chi connectivity index (χ4v) is 5.63. The SMILES string of the molecule is [2H]C([2H])([2H])n1c(=O)[nH]c2nc(C34CC5CC(CC(O)(C5)C3)C4)ncc21. The number of H-pyrrole nitrogens is 1. The maximum Gasteiger partial charge on any atom is 0.327 e. The molecule has 2 aromatic rings. The monoisotopic (exact) mass is 303 g/mol. The molecule has 0 radical (unpaired) electrons. The van der Waals surface area contributed by atoms with Gasteiger partial charge in [-0.2, -0.15) is 0 Å². The Morgan fingerprint density at radius 3 is 2.86 bits per heavy atom. The first-order chi connectivity index (χ1) is 11.7. The lowest BCUT2D eigenvalue weighted by Gasteiger charge is -2.59. The highest BCUT2D eigenvalue weighted by atomic mass is 16.3. The lowest BCUT2D eigenvalue weighted by molar-refractivity contribution is -0.138. The minimum Gasteiger partial charge on any atom is -0.390 e. The maximum absolute atomic E-state index is 12.0. The Balaban J connectivity index is 1.64. The van der Waals surface area contributed by atoms with Crippen LogP contribution in [0.25, 0.3) is 11.2 Å². The third-order valence-corrected chi connectivity index (χ3v) is 5.94. The van der Waals surface area contributed by atoms with Gasteiger partial charge < -0.3 is 5.11 Å². The zero-order valence-corrected chi connectivity index (χ0v) is 12.2. The van der Waals surface area contributed by atoms with Crippen LogP contribution in [0.4, 0.5) is 0 Å². The molecule has 6 nitrogen and oxygen atoms in total. The number of aromatic nitrogens is 4. The molecule has 2 heterocycles. The van der Waals surface area contributed by atoms with E-state index in [1.807, 2.05) is 0 Å². The molecular formula is C16H20N4O2. The highest BCUT2D eigenvalue weighted by Crippen LogP contribution is 2.61. The fourth-order valence-electron chi connectivity index (χ4n) is 5.63. The largest absolute Gasteiger partial charge is 0.390 e. The summed E-state index contributed by atoms with van der Waals surface area (Å²) in [6, 6.07) is 0. The third kappa shape index (κ3) is 1.56. The van der Waals surface area contributed by atoms with Crippen molar-refractivity contribution in [1.29, 1.82) is 0 Å². The average Bonchev–Trinajstić information content (AvgIpc) is 2.79. The zero-order valence-electron chi connectivity index (χ0n) is 15.2. The normalized spacial score (nSPS) is 42.3. The van der Waals surface area contributed by atoms with Crippen molar-refractivity contribution in [2.45, 2.75) is 49.5 Å². The van der Waals surface area contributed by atoms with Crippen LogP contribution in [0.5, 0.6) is 0 Å². The lowest BCUT2D eigenvalue weighted by atomic mass is 9.47. The first kappa shape index (κ1) is 10.2. The van der Waals surface area contributed by atoms with Gasteiger partial charge in [-0.3, -0.25) is 9.55 Å². The summed E-state index contributed by atoms with van der Waals surface area (Å²) in [5.41, 5.74) is -1.14. The summed E-state index contributed by atoms with van der Waals surface area (Å²) >= 11 is 0. The highest BCUT2D eigenvalue weighted by Gasteiger charge is 2.58. The second-order valence-corrected chi connectivity index (χ2v) is 7.66. The molecule has 4 aliphatic carbocycles. The summed E-state index contributed by atoms with van der Waals surface area (Å²) < 4.78 is 23.3. The molecule has 4 aliphatic rings. The van der Waals surface area contributed by atoms with Gasteiger partial charge in [0, 0.05) is 16.5 Å². The predicted octanol–water partition coefficient (Wildman–Crippen LogP) is 1.24. The van der Waals surface area contributed by atoms with E-state index in [1.165, 1.54) is 12.6 Å². The molecule has 0 aliphatic heterocycles. The second-order valence-electron chi connectivity index (χ2n) is 7.66. The molecule has 2 N–H and O–H groups in total. The number of aliphatic hydroxyl groups is 1. The smallest absolute Gasteiger partial charge is 0.327 e. The van der Waals surface area contributed by atoms with Crippen LogP contribution in [-0.4, -0.2) is 30.2 Å². The van der Waals surface area contributed by atoms with Crippen molar-refractivity contribution in [2.75, 3.05) is 0 Å². The number of nitrogens with zero attached hydrogens (tertiary/aromatic N) is 3. The van der Waals surface area contributed by atoms with Gasteiger partial charge in [0.05, 0.1) is 11.8 Å². The summed E-state index contributed by atoms with van der Waals surface area (Å²) in [6.07, 6.45) is 6.90. The highest BCUT2D eigenvalue weighted by molar-refractivity contribution is 5.69. The van der Waals surface area contributed by atoms with E-state index >= 15 is 0 Å². The molecule has 2 aromatic heterocycles. The molecule has 4 fully saturated rings. The van der Waals surface area contributed by atoms with Crippen molar-refractivity contribution in [2.24, 2.45) is 18.8 Å². The summed E-state index contributed by atoms with van der Waals surface area (Å²) in [4.78, 5) is 23.6. The molecule has 4 bridgehead atoms. The Labute approximate surface area is 131 Å². The Morgan fingerprint density at radius 2 is 2.18 bits per heavy atom. The molecule has 22 heavy (non-hydrogen) atoms. The first-order valence-electron chi connectivity index (χ1n) is 9.39. The van der Waals surface area contributed by atoms with Gasteiger partial charge >= 0.3 is 5.69 Å². The topological polar surface area (TPSA) is 83.8 Å². The summed E-state index contributed by atoms with van der Waals surface area (Å²) in [6.45, 7) is -2.57. The van der Waals surface area contributed by atoms with Crippen LogP contribution in [0.15, 0.2) is 11.0 Å². The number of hydrogen-bond donors (Lipinski definition) is 2. The van der Waals surface area contributed by atoms with Gasteiger partial charge in [-0.1, -0.05) is 0 Å². The van der Waals surface area contributed by atoms with Crippen LogP contribution in [0.2, 0.25) is 0 Å². The van der Waals surface area contributed by atoms with Crippen molar-refractivity contribution >= 4 is 11.2 Å². The molecule has 2 atom stereocenters. The summed E-state index contributed by atoms with van der Waals surface area (Å²) in [5.74, 6) is 1.62. The molecule has 0 saturated heterocycles. The number of aryl methyl sites for hydroxylation is 1. The number of rotatable bonds is 1. The van der Waals surface area contributed by atoms with Gasteiger partial charge in [-0.25, -0.2) is 14.8 Å². The number of imidazole rings is 1. The van der Waals surface area contributed by atoms with Crippen LogP contribution in [-0.2, 0) is 12.4 Å². The Morgan fingerprint density at radius 1 is 1.41 bits per heavy atom. The van der Waals surface area contributed by atoms with Gasteiger partial charge in [-0.05, 0) is 50.4 Å². The van der Waals surface area contributed by atoms with Crippen LogP contribution in [0.1, 0.15) is 48.5 Å². The van der Waals surface area contributed by atoms with Crippen molar-refractivity contribution in [1.82, 2.24) is 19.5 Å². The Hall–Kier alpha value is -1.69.